The number of hydrogen-bond acceptors (Lipinski definition) is 4. The first-order chi connectivity index (χ1) is 10.5. The largest absolute Gasteiger partial charge is 0.493 e. The van der Waals surface area contributed by atoms with E-state index in [9.17, 15) is 9.90 Å². The van der Waals surface area contributed by atoms with Crippen LogP contribution in [0.15, 0.2) is 30.3 Å². The molecular formula is C16H17ClO4S. The van der Waals surface area contributed by atoms with Crippen molar-refractivity contribution in [2.45, 2.75) is 19.3 Å². The van der Waals surface area contributed by atoms with Crippen molar-refractivity contribution in [3.8, 4) is 11.5 Å². The van der Waals surface area contributed by atoms with E-state index in [1.807, 2.05) is 19.1 Å². The number of methoxy groups -OCH3 is 1. The molecule has 0 bridgehead atoms. The number of aliphatic carboxylic acids is 1. The van der Waals surface area contributed by atoms with E-state index in [2.05, 4.69) is 0 Å². The highest BCUT2D eigenvalue weighted by molar-refractivity contribution is 7.16. The van der Waals surface area contributed by atoms with Crippen LogP contribution >= 0.6 is 22.9 Å². The molecule has 1 aromatic carbocycles. The molecule has 118 valence electrons. The van der Waals surface area contributed by atoms with Crippen LogP contribution in [-0.4, -0.2) is 24.8 Å². The lowest BCUT2D eigenvalue weighted by molar-refractivity contribution is -0.138. The van der Waals surface area contributed by atoms with E-state index in [1.165, 1.54) is 11.3 Å². The van der Waals surface area contributed by atoms with E-state index in [-0.39, 0.29) is 0 Å². The molecule has 0 amide bonds. The third kappa shape index (κ3) is 3.93. The average Bonchev–Trinajstić information content (AvgIpc) is 2.91. The molecule has 0 aliphatic rings. The van der Waals surface area contributed by atoms with Crippen molar-refractivity contribution in [1.29, 1.82) is 0 Å². The molecule has 1 aromatic heterocycles. The number of halogens is 1. The maximum Gasteiger partial charge on any atom is 0.312 e. The van der Waals surface area contributed by atoms with E-state index < -0.39 is 11.9 Å². The molecule has 0 fully saturated rings. The van der Waals surface area contributed by atoms with Gasteiger partial charge in [-0.1, -0.05) is 17.7 Å². The minimum Gasteiger partial charge on any atom is -0.493 e. The summed E-state index contributed by atoms with van der Waals surface area (Å²) in [6.45, 7) is 2.41. The molecule has 0 aliphatic heterocycles. The molecule has 2 aromatic rings. The Morgan fingerprint density at radius 1 is 1.32 bits per heavy atom. The van der Waals surface area contributed by atoms with Gasteiger partial charge in [0.25, 0.3) is 0 Å². The van der Waals surface area contributed by atoms with Crippen LogP contribution in [0.3, 0.4) is 0 Å². The lowest BCUT2D eigenvalue weighted by Gasteiger charge is -2.14. The van der Waals surface area contributed by atoms with Crippen molar-refractivity contribution in [1.82, 2.24) is 0 Å². The predicted molar refractivity (Wildman–Crippen MR) is 87.6 cm³/mol. The monoisotopic (exact) mass is 340 g/mol. The van der Waals surface area contributed by atoms with Gasteiger partial charge in [0.1, 0.15) is 0 Å². The number of benzene rings is 1. The average molecular weight is 341 g/mol. The SMILES string of the molecule is CCOc1cc(CC(C(=O)O)c2ccc(Cl)s2)ccc1OC. The fourth-order valence-corrected chi connectivity index (χ4v) is 3.33. The third-order valence-electron chi connectivity index (χ3n) is 3.20. The smallest absolute Gasteiger partial charge is 0.312 e. The Hall–Kier alpha value is -1.72. The van der Waals surface area contributed by atoms with Crippen LogP contribution in [0.5, 0.6) is 11.5 Å². The van der Waals surface area contributed by atoms with Crippen LogP contribution in [0.1, 0.15) is 23.3 Å². The van der Waals surface area contributed by atoms with Crippen molar-refractivity contribution < 1.29 is 19.4 Å². The quantitative estimate of drug-likeness (QED) is 0.819. The van der Waals surface area contributed by atoms with E-state index in [0.717, 1.165) is 10.4 Å². The Morgan fingerprint density at radius 3 is 2.64 bits per heavy atom. The van der Waals surface area contributed by atoms with Crippen LogP contribution in [0.2, 0.25) is 4.34 Å². The van der Waals surface area contributed by atoms with Crippen LogP contribution in [-0.2, 0) is 11.2 Å². The highest BCUT2D eigenvalue weighted by Gasteiger charge is 2.22. The first-order valence-corrected chi connectivity index (χ1v) is 8.02. The molecule has 2 rings (SSSR count). The van der Waals surface area contributed by atoms with Crippen molar-refractivity contribution in [3.05, 3.63) is 45.1 Å². The molecule has 0 saturated heterocycles. The Kier molecular flexibility index (Phi) is 5.69. The van der Waals surface area contributed by atoms with Gasteiger partial charge >= 0.3 is 5.97 Å². The Balaban J connectivity index is 2.26. The Bertz CT molecular complexity index is 653. The zero-order chi connectivity index (χ0) is 16.1. The van der Waals surface area contributed by atoms with Gasteiger partial charge in [-0.05, 0) is 43.2 Å². The number of thiophene rings is 1. The number of hydrogen-bond donors (Lipinski definition) is 1. The summed E-state index contributed by atoms with van der Waals surface area (Å²) in [5.74, 6) is -0.236. The third-order valence-corrected chi connectivity index (χ3v) is 4.55. The molecular weight excluding hydrogens is 324 g/mol. The molecule has 1 heterocycles. The summed E-state index contributed by atoms with van der Waals surface area (Å²) in [5, 5.41) is 9.48. The number of carboxylic acid groups (broad SMARTS) is 1. The second kappa shape index (κ2) is 7.51. The number of rotatable bonds is 7. The minimum absolute atomic E-state index is 0.371. The maximum atomic E-state index is 11.6. The maximum absolute atomic E-state index is 11.6. The summed E-state index contributed by atoms with van der Waals surface area (Å²) in [4.78, 5) is 12.3. The van der Waals surface area contributed by atoms with Crippen molar-refractivity contribution in [2.24, 2.45) is 0 Å². The van der Waals surface area contributed by atoms with Crippen LogP contribution < -0.4 is 9.47 Å². The van der Waals surface area contributed by atoms with Crippen molar-refractivity contribution in [3.63, 3.8) is 0 Å². The first kappa shape index (κ1) is 16.6. The standard InChI is InChI=1S/C16H17ClO4S/c1-3-21-13-9-10(4-5-12(13)20-2)8-11(16(18)19)14-6-7-15(17)22-14/h4-7,9,11H,3,8H2,1-2H3,(H,18,19). The van der Waals surface area contributed by atoms with Gasteiger partial charge < -0.3 is 14.6 Å². The summed E-state index contributed by atoms with van der Waals surface area (Å²) in [5.41, 5.74) is 0.876. The molecule has 1 N–H and O–H groups in total. The fraction of sp³-hybridized carbons (Fsp3) is 0.312. The van der Waals surface area contributed by atoms with E-state index in [0.29, 0.717) is 28.9 Å². The highest BCUT2D eigenvalue weighted by Crippen LogP contribution is 2.33. The topological polar surface area (TPSA) is 55.8 Å². The summed E-state index contributed by atoms with van der Waals surface area (Å²) in [6.07, 6.45) is 0.371. The van der Waals surface area contributed by atoms with Gasteiger partial charge in [0, 0.05) is 4.88 Å². The van der Waals surface area contributed by atoms with E-state index in [1.54, 1.807) is 25.3 Å². The van der Waals surface area contributed by atoms with Crippen molar-refractivity contribution in [2.75, 3.05) is 13.7 Å². The molecule has 1 atom stereocenters. The molecule has 0 radical (unpaired) electrons. The minimum atomic E-state index is -0.868. The predicted octanol–water partition coefficient (Wildman–Crippen LogP) is 4.22. The molecule has 6 heteroatoms. The second-order valence-corrected chi connectivity index (χ2v) is 6.40. The van der Waals surface area contributed by atoms with E-state index >= 15 is 0 Å². The van der Waals surface area contributed by atoms with Crippen molar-refractivity contribution >= 4 is 28.9 Å². The van der Waals surface area contributed by atoms with E-state index in [4.69, 9.17) is 21.1 Å². The molecule has 0 spiro atoms. The molecule has 0 aliphatic carbocycles. The molecule has 4 nitrogen and oxygen atoms in total. The number of carboxylic acids is 1. The number of ether oxygens (including phenoxy) is 2. The summed E-state index contributed by atoms with van der Waals surface area (Å²) in [6, 6.07) is 8.95. The lowest BCUT2D eigenvalue weighted by Crippen LogP contribution is -2.13. The molecule has 1 unspecified atom stereocenters. The van der Waals surface area contributed by atoms with Gasteiger partial charge in [-0.15, -0.1) is 11.3 Å². The van der Waals surface area contributed by atoms with Gasteiger partial charge in [-0.3, -0.25) is 4.79 Å². The summed E-state index contributed by atoms with van der Waals surface area (Å²) < 4.78 is 11.4. The molecule has 22 heavy (non-hydrogen) atoms. The van der Waals surface area contributed by atoms with Crippen LogP contribution in [0.4, 0.5) is 0 Å². The van der Waals surface area contributed by atoms with Gasteiger partial charge in [0.2, 0.25) is 0 Å². The summed E-state index contributed by atoms with van der Waals surface area (Å²) >= 11 is 7.20. The zero-order valence-electron chi connectivity index (χ0n) is 12.3. The van der Waals surface area contributed by atoms with Gasteiger partial charge in [-0.25, -0.2) is 0 Å². The normalized spacial score (nSPS) is 12.0. The van der Waals surface area contributed by atoms with Crippen LogP contribution in [0, 0.1) is 0 Å². The Labute approximate surface area is 138 Å². The first-order valence-electron chi connectivity index (χ1n) is 6.83. The van der Waals surface area contributed by atoms with Gasteiger partial charge in [-0.2, -0.15) is 0 Å². The number of carbonyl (C=O) groups is 1. The van der Waals surface area contributed by atoms with Crippen LogP contribution in [0.25, 0.3) is 0 Å². The lowest BCUT2D eigenvalue weighted by atomic mass is 9.97. The zero-order valence-corrected chi connectivity index (χ0v) is 13.9. The van der Waals surface area contributed by atoms with Gasteiger partial charge in [0.15, 0.2) is 11.5 Å². The van der Waals surface area contributed by atoms with Gasteiger partial charge in [0.05, 0.1) is 24.0 Å². The second-order valence-electron chi connectivity index (χ2n) is 4.66. The fourth-order valence-electron chi connectivity index (χ4n) is 2.18. The summed E-state index contributed by atoms with van der Waals surface area (Å²) in [7, 11) is 1.57. The molecule has 0 saturated carbocycles. The highest BCUT2D eigenvalue weighted by atomic mass is 35.5. The Morgan fingerprint density at radius 2 is 2.09 bits per heavy atom.